The molecule has 0 aliphatic heterocycles. The summed E-state index contributed by atoms with van der Waals surface area (Å²) in [6, 6.07) is 0. The Morgan fingerprint density at radius 2 is 0.800 bits per heavy atom. The molecule has 0 saturated carbocycles. The molecule has 4 unspecified atom stereocenters. The van der Waals surface area contributed by atoms with Crippen LogP contribution in [0.1, 0.15) is 84.0 Å². The number of ketones is 4. The lowest BCUT2D eigenvalue weighted by atomic mass is 9.70. The number of hydrogen-bond donors (Lipinski definition) is 0. The van der Waals surface area contributed by atoms with Crippen molar-refractivity contribution >= 4 is 29.1 Å². The number of methoxy groups -OCH3 is 1. The molecule has 6 nitrogen and oxygen atoms in total. The second kappa shape index (κ2) is 17.9. The molecule has 0 aromatic rings. The van der Waals surface area contributed by atoms with E-state index in [2.05, 4.69) is 4.74 Å². The van der Waals surface area contributed by atoms with E-state index >= 15 is 0 Å². The van der Waals surface area contributed by atoms with Crippen LogP contribution < -0.4 is 0 Å². The van der Waals surface area contributed by atoms with Gasteiger partial charge in [0.25, 0.3) is 0 Å². The Morgan fingerprint density at radius 3 is 1.13 bits per heavy atom. The van der Waals surface area contributed by atoms with Gasteiger partial charge in [0, 0.05) is 30.1 Å². The van der Waals surface area contributed by atoms with Crippen LogP contribution in [0, 0.1) is 23.7 Å². The molecule has 0 heterocycles. The van der Waals surface area contributed by atoms with E-state index in [1.54, 1.807) is 0 Å². The highest BCUT2D eigenvalue weighted by Gasteiger charge is 2.58. The van der Waals surface area contributed by atoms with Gasteiger partial charge in [-0.15, -0.1) is 0 Å². The fraction of sp³-hybridized carbons (Fsp3) is 0.815. The summed E-state index contributed by atoms with van der Waals surface area (Å²) in [7, 11) is 1.11. The number of carbonyl (C=O) groups is 5. The van der Waals surface area contributed by atoms with Gasteiger partial charge >= 0.3 is 30.7 Å². The van der Waals surface area contributed by atoms with Gasteiger partial charge in [0.05, 0.1) is 7.11 Å². The monoisotopic (exact) mass is 682 g/mol. The zero-order valence-electron chi connectivity index (χ0n) is 24.3. The second-order valence-electron chi connectivity index (χ2n) is 10.5. The largest absolute Gasteiger partial charge is 0.469 e. The van der Waals surface area contributed by atoms with Gasteiger partial charge in [-0.05, 0) is 25.7 Å². The zero-order chi connectivity index (χ0) is 35.4. The third-order valence-electron chi connectivity index (χ3n) is 7.19. The molecule has 0 aliphatic rings. The van der Waals surface area contributed by atoms with Gasteiger partial charge in [-0.2, -0.15) is 52.7 Å². The molecule has 0 rings (SSSR count). The van der Waals surface area contributed by atoms with E-state index in [4.69, 9.17) is 0 Å². The third-order valence-corrected chi connectivity index (χ3v) is 7.19. The van der Waals surface area contributed by atoms with Gasteiger partial charge in [0.1, 0.15) is 0 Å². The van der Waals surface area contributed by atoms with Crippen molar-refractivity contribution < 1.29 is 81.4 Å². The average molecular weight is 683 g/mol. The van der Waals surface area contributed by atoms with Crippen molar-refractivity contribution in [2.24, 2.45) is 23.7 Å². The summed E-state index contributed by atoms with van der Waals surface area (Å²) in [5.74, 6) is -25.5. The van der Waals surface area contributed by atoms with Crippen molar-refractivity contribution in [1.29, 1.82) is 0 Å². The molecule has 0 fully saturated rings. The minimum atomic E-state index is -6.08. The first-order valence-corrected chi connectivity index (χ1v) is 13.9. The number of rotatable bonds is 20. The Balaban J connectivity index is 6.80. The van der Waals surface area contributed by atoms with Crippen LogP contribution in [0.5, 0.6) is 0 Å². The van der Waals surface area contributed by atoms with Crippen LogP contribution in [0.3, 0.4) is 0 Å². The van der Waals surface area contributed by atoms with Gasteiger partial charge in [-0.3, -0.25) is 24.0 Å². The summed E-state index contributed by atoms with van der Waals surface area (Å²) >= 11 is 0. The number of esters is 1. The van der Waals surface area contributed by atoms with E-state index in [-0.39, 0.29) is 44.9 Å². The Labute approximate surface area is 250 Å². The van der Waals surface area contributed by atoms with Crippen LogP contribution in [0.2, 0.25) is 0 Å². The topological polar surface area (TPSA) is 94.6 Å². The van der Waals surface area contributed by atoms with Crippen LogP contribution in [0.25, 0.3) is 0 Å². The Hall–Kier alpha value is -2.69. The molecule has 262 valence electrons. The third kappa shape index (κ3) is 14.5. The van der Waals surface area contributed by atoms with Crippen molar-refractivity contribution in [3.05, 3.63) is 0 Å². The zero-order valence-corrected chi connectivity index (χ0v) is 24.3. The lowest BCUT2D eigenvalue weighted by Crippen LogP contribution is -2.48. The van der Waals surface area contributed by atoms with E-state index < -0.39 is 110 Å². The molecule has 4 atom stereocenters. The quantitative estimate of drug-likeness (QED) is 0.0738. The average Bonchev–Trinajstić information content (AvgIpc) is 2.90. The summed E-state index contributed by atoms with van der Waals surface area (Å²) in [6.07, 6.45) is -28.7. The SMILES string of the molecule is CCCCCC(C(=O)C(F)(F)F)C(CC(C(=O)C(F)(F)F)C(CCCCCCCC(=O)OC)C(=O)C(F)(F)F)C(=O)C(F)(F)F. The van der Waals surface area contributed by atoms with Crippen molar-refractivity contribution in [3.8, 4) is 0 Å². The first kappa shape index (κ1) is 42.3. The molecule has 0 aromatic carbocycles. The predicted octanol–water partition coefficient (Wildman–Crippen LogP) is 7.85. The first-order chi connectivity index (χ1) is 20.4. The highest BCUT2D eigenvalue weighted by atomic mass is 19.4. The van der Waals surface area contributed by atoms with Gasteiger partial charge in [0.2, 0.25) is 23.1 Å². The minimum Gasteiger partial charge on any atom is -0.469 e. The Bertz CT molecular complexity index is 998. The normalized spacial score (nSPS) is 15.6. The van der Waals surface area contributed by atoms with Gasteiger partial charge in [-0.1, -0.05) is 51.9 Å². The number of carbonyl (C=O) groups excluding carboxylic acids is 5. The molecular formula is C27H34F12O6. The Kier molecular flexibility index (Phi) is 16.8. The molecule has 18 heteroatoms. The minimum absolute atomic E-state index is 0.00567. The summed E-state index contributed by atoms with van der Waals surface area (Å²) in [4.78, 5) is 60.3. The highest BCUT2D eigenvalue weighted by Crippen LogP contribution is 2.42. The predicted molar refractivity (Wildman–Crippen MR) is 131 cm³/mol. The molecule has 0 bridgehead atoms. The molecule has 0 saturated heterocycles. The van der Waals surface area contributed by atoms with Crippen LogP contribution >= 0.6 is 0 Å². The lowest BCUT2D eigenvalue weighted by molar-refractivity contribution is -0.192. The second-order valence-corrected chi connectivity index (χ2v) is 10.5. The molecule has 0 radical (unpaired) electrons. The standard InChI is InChI=1S/C27H34F12O6/c1-3-4-8-11-15(20(41)24(28,29)30)17(22(43)26(34,35)36)14-18(23(44)27(37,38)39)16(21(42)25(31,32)33)12-9-6-5-7-10-13-19(40)45-2/h15-18H,3-14H2,1-2H3. The van der Waals surface area contributed by atoms with Gasteiger partial charge in [0.15, 0.2) is 0 Å². The summed E-state index contributed by atoms with van der Waals surface area (Å²) < 4.78 is 167. The van der Waals surface area contributed by atoms with Crippen LogP contribution in [0.15, 0.2) is 0 Å². The maximum atomic E-state index is 13.6. The van der Waals surface area contributed by atoms with Gasteiger partial charge < -0.3 is 4.74 Å². The fourth-order valence-electron chi connectivity index (χ4n) is 4.93. The summed E-state index contributed by atoms with van der Waals surface area (Å²) in [5, 5.41) is 0. The summed E-state index contributed by atoms with van der Waals surface area (Å²) in [6.45, 7) is 1.49. The fourth-order valence-corrected chi connectivity index (χ4v) is 4.93. The van der Waals surface area contributed by atoms with Crippen molar-refractivity contribution in [3.63, 3.8) is 0 Å². The maximum Gasteiger partial charge on any atom is 0.450 e. The summed E-state index contributed by atoms with van der Waals surface area (Å²) in [5.41, 5.74) is 0. The number of halogens is 12. The number of Topliss-reactive ketones (excluding diaryl/α,β-unsaturated/α-hetero) is 4. The van der Waals surface area contributed by atoms with Crippen LogP contribution in [0.4, 0.5) is 52.7 Å². The maximum absolute atomic E-state index is 13.6. The van der Waals surface area contributed by atoms with E-state index in [1.807, 2.05) is 0 Å². The lowest BCUT2D eigenvalue weighted by Gasteiger charge is -2.33. The van der Waals surface area contributed by atoms with E-state index in [9.17, 15) is 76.7 Å². The smallest absolute Gasteiger partial charge is 0.450 e. The number of alkyl halides is 12. The first-order valence-electron chi connectivity index (χ1n) is 13.9. The Morgan fingerprint density at radius 1 is 0.489 bits per heavy atom. The van der Waals surface area contributed by atoms with E-state index in [0.29, 0.717) is 0 Å². The van der Waals surface area contributed by atoms with Crippen LogP contribution in [-0.2, 0) is 28.7 Å². The molecule has 0 amide bonds. The molecule has 0 N–H and O–H groups in total. The van der Waals surface area contributed by atoms with Crippen molar-refractivity contribution in [2.75, 3.05) is 7.11 Å². The van der Waals surface area contributed by atoms with Gasteiger partial charge in [-0.25, -0.2) is 0 Å². The van der Waals surface area contributed by atoms with Crippen molar-refractivity contribution in [2.45, 2.75) is 109 Å². The molecule has 0 aliphatic carbocycles. The van der Waals surface area contributed by atoms with Crippen LogP contribution in [-0.4, -0.2) is 60.9 Å². The number of hydrogen-bond acceptors (Lipinski definition) is 6. The number of ether oxygens (including phenoxy) is 1. The van der Waals surface area contributed by atoms with E-state index in [1.165, 1.54) is 6.92 Å². The molecule has 45 heavy (non-hydrogen) atoms. The molecule has 0 aromatic heterocycles. The molecular weight excluding hydrogens is 648 g/mol. The highest BCUT2D eigenvalue weighted by molar-refractivity contribution is 5.97. The molecule has 0 spiro atoms. The number of unbranched alkanes of at least 4 members (excludes halogenated alkanes) is 6. The van der Waals surface area contributed by atoms with Crippen molar-refractivity contribution in [1.82, 2.24) is 0 Å². The van der Waals surface area contributed by atoms with E-state index in [0.717, 1.165) is 7.11 Å².